The molecule has 4 heteroatoms. The zero-order valence-electron chi connectivity index (χ0n) is 10.6. The lowest BCUT2D eigenvalue weighted by atomic mass is 10.1. The highest BCUT2D eigenvalue weighted by Crippen LogP contribution is 2.22. The van der Waals surface area contributed by atoms with Crippen molar-refractivity contribution in [2.75, 3.05) is 5.32 Å². The minimum atomic E-state index is -0.262. The second-order valence-corrected chi connectivity index (χ2v) is 5.33. The first-order valence-corrected chi connectivity index (χ1v) is 7.05. The van der Waals surface area contributed by atoms with Crippen LogP contribution in [0.25, 0.3) is 10.9 Å². The molecular weight excluding hydrogens is 319 g/mol. The predicted molar refractivity (Wildman–Crippen MR) is 83.2 cm³/mol. The number of benzene rings is 2. The molecule has 0 fully saturated rings. The van der Waals surface area contributed by atoms with E-state index in [1.54, 1.807) is 18.3 Å². The van der Waals surface area contributed by atoms with Gasteiger partial charge in [-0.1, -0.05) is 24.3 Å². The van der Waals surface area contributed by atoms with Crippen LogP contribution in [0.4, 0.5) is 10.1 Å². The Bertz CT molecular complexity index is 753. The Morgan fingerprint density at radius 2 is 1.95 bits per heavy atom. The van der Waals surface area contributed by atoms with Gasteiger partial charge in [0.15, 0.2) is 0 Å². The van der Waals surface area contributed by atoms with Crippen LogP contribution < -0.4 is 5.32 Å². The molecule has 0 amide bonds. The van der Waals surface area contributed by atoms with Gasteiger partial charge in [0.2, 0.25) is 0 Å². The summed E-state index contributed by atoms with van der Waals surface area (Å²) in [5.74, 6) is -0.262. The van der Waals surface area contributed by atoms with E-state index in [1.165, 1.54) is 6.07 Å². The summed E-state index contributed by atoms with van der Waals surface area (Å²) < 4.78 is 13.6. The lowest BCUT2D eigenvalue weighted by Crippen LogP contribution is -2.01. The summed E-state index contributed by atoms with van der Waals surface area (Å²) in [6, 6.07) is 15.0. The number of aromatic nitrogens is 1. The molecule has 1 heterocycles. The Kier molecular flexibility index (Phi) is 3.65. The molecule has 0 radical (unpaired) electrons. The molecule has 1 N–H and O–H groups in total. The number of nitrogens with one attached hydrogen (secondary N) is 1. The highest BCUT2D eigenvalue weighted by Gasteiger charge is 2.03. The van der Waals surface area contributed by atoms with Crippen LogP contribution in [0.3, 0.4) is 0 Å². The second-order valence-electron chi connectivity index (χ2n) is 4.47. The van der Waals surface area contributed by atoms with Crippen molar-refractivity contribution in [3.63, 3.8) is 0 Å². The molecule has 2 nitrogen and oxygen atoms in total. The fraction of sp³-hybridized carbons (Fsp3) is 0.0625. The van der Waals surface area contributed by atoms with Gasteiger partial charge in [-0.25, -0.2) is 4.39 Å². The zero-order chi connectivity index (χ0) is 13.9. The van der Waals surface area contributed by atoms with Gasteiger partial charge in [0.25, 0.3) is 0 Å². The van der Waals surface area contributed by atoms with Gasteiger partial charge in [0.05, 0.1) is 9.99 Å². The summed E-state index contributed by atoms with van der Waals surface area (Å²) in [6.45, 7) is 0.645. The summed E-state index contributed by atoms with van der Waals surface area (Å²) in [5.41, 5.74) is 2.97. The van der Waals surface area contributed by atoms with Crippen LogP contribution >= 0.6 is 15.9 Å². The Hall–Kier alpha value is -1.94. The maximum absolute atomic E-state index is 13.2. The molecule has 0 aliphatic carbocycles. The van der Waals surface area contributed by atoms with E-state index in [1.807, 2.05) is 30.3 Å². The summed E-state index contributed by atoms with van der Waals surface area (Å²) in [6.07, 6.45) is 1.79. The number of hydrogen-bond acceptors (Lipinski definition) is 2. The normalized spacial score (nSPS) is 10.7. The number of fused-ring (bicyclic) bond motifs is 1. The average molecular weight is 331 g/mol. The van der Waals surface area contributed by atoms with E-state index in [2.05, 4.69) is 26.2 Å². The van der Waals surface area contributed by atoms with Gasteiger partial charge in [0.1, 0.15) is 5.82 Å². The Balaban J connectivity index is 1.85. The van der Waals surface area contributed by atoms with E-state index in [9.17, 15) is 4.39 Å². The quantitative estimate of drug-likeness (QED) is 0.749. The van der Waals surface area contributed by atoms with Gasteiger partial charge < -0.3 is 5.32 Å². The average Bonchev–Trinajstić information content (AvgIpc) is 2.48. The monoisotopic (exact) mass is 330 g/mol. The van der Waals surface area contributed by atoms with Crippen molar-refractivity contribution in [3.8, 4) is 0 Å². The molecule has 3 aromatic rings. The highest BCUT2D eigenvalue weighted by atomic mass is 79.9. The third-order valence-corrected chi connectivity index (χ3v) is 3.73. The predicted octanol–water partition coefficient (Wildman–Crippen LogP) is 4.75. The zero-order valence-corrected chi connectivity index (χ0v) is 12.2. The Labute approximate surface area is 124 Å². The fourth-order valence-corrected chi connectivity index (χ4v) is 2.49. The van der Waals surface area contributed by atoms with Crippen molar-refractivity contribution >= 4 is 32.5 Å². The molecule has 0 aliphatic heterocycles. The third-order valence-electron chi connectivity index (χ3n) is 3.12. The molecule has 100 valence electrons. The molecule has 0 unspecified atom stereocenters. The fourth-order valence-electron chi connectivity index (χ4n) is 2.11. The molecule has 0 aliphatic rings. The molecule has 0 spiro atoms. The SMILES string of the molecule is Fc1ccc(NCc2cccc3cccnc23)cc1Br. The Morgan fingerprint density at radius 3 is 2.80 bits per heavy atom. The lowest BCUT2D eigenvalue weighted by Gasteiger charge is -2.09. The van der Waals surface area contributed by atoms with Crippen LogP contribution in [-0.4, -0.2) is 4.98 Å². The van der Waals surface area contributed by atoms with Gasteiger partial charge >= 0.3 is 0 Å². The molecule has 20 heavy (non-hydrogen) atoms. The number of halogens is 2. The first kappa shape index (κ1) is 13.1. The summed E-state index contributed by atoms with van der Waals surface area (Å²) in [4.78, 5) is 4.42. The van der Waals surface area contributed by atoms with Crippen molar-refractivity contribution in [3.05, 3.63) is 70.6 Å². The molecular formula is C16H12BrFN2. The molecule has 3 rings (SSSR count). The van der Waals surface area contributed by atoms with E-state index in [0.717, 1.165) is 22.2 Å². The maximum Gasteiger partial charge on any atom is 0.137 e. The molecule has 1 aromatic heterocycles. The molecule has 0 bridgehead atoms. The topological polar surface area (TPSA) is 24.9 Å². The smallest absolute Gasteiger partial charge is 0.137 e. The minimum Gasteiger partial charge on any atom is -0.381 e. The van der Waals surface area contributed by atoms with Gasteiger partial charge in [0, 0.05) is 23.8 Å². The van der Waals surface area contributed by atoms with Crippen LogP contribution in [0, 0.1) is 5.82 Å². The van der Waals surface area contributed by atoms with Crippen molar-refractivity contribution in [1.82, 2.24) is 4.98 Å². The summed E-state index contributed by atoms with van der Waals surface area (Å²) >= 11 is 3.18. The van der Waals surface area contributed by atoms with Crippen molar-refractivity contribution in [2.45, 2.75) is 6.54 Å². The van der Waals surface area contributed by atoms with Gasteiger partial charge in [-0.3, -0.25) is 4.98 Å². The van der Waals surface area contributed by atoms with Crippen LogP contribution in [0.2, 0.25) is 0 Å². The third kappa shape index (κ3) is 2.65. The Morgan fingerprint density at radius 1 is 1.10 bits per heavy atom. The van der Waals surface area contributed by atoms with Crippen LogP contribution in [0.15, 0.2) is 59.2 Å². The lowest BCUT2D eigenvalue weighted by molar-refractivity contribution is 0.621. The summed E-state index contributed by atoms with van der Waals surface area (Å²) in [7, 11) is 0. The standard InChI is InChI=1S/C16H12BrFN2/c17-14-9-13(6-7-15(14)18)20-10-12-4-1-3-11-5-2-8-19-16(11)12/h1-9,20H,10H2. The van der Waals surface area contributed by atoms with E-state index < -0.39 is 0 Å². The molecule has 2 aromatic carbocycles. The van der Waals surface area contributed by atoms with Gasteiger partial charge in [-0.2, -0.15) is 0 Å². The van der Waals surface area contributed by atoms with E-state index in [-0.39, 0.29) is 5.82 Å². The van der Waals surface area contributed by atoms with Gasteiger partial charge in [-0.05, 0) is 45.8 Å². The first-order chi connectivity index (χ1) is 9.74. The number of pyridine rings is 1. The molecule has 0 saturated carbocycles. The number of hydrogen-bond donors (Lipinski definition) is 1. The summed E-state index contributed by atoms with van der Waals surface area (Å²) in [5, 5.41) is 4.40. The number of nitrogens with zero attached hydrogens (tertiary/aromatic N) is 1. The highest BCUT2D eigenvalue weighted by molar-refractivity contribution is 9.10. The van der Waals surface area contributed by atoms with Crippen molar-refractivity contribution < 1.29 is 4.39 Å². The molecule has 0 saturated heterocycles. The van der Waals surface area contributed by atoms with E-state index in [0.29, 0.717) is 11.0 Å². The van der Waals surface area contributed by atoms with Crippen molar-refractivity contribution in [2.24, 2.45) is 0 Å². The molecule has 0 atom stereocenters. The first-order valence-electron chi connectivity index (χ1n) is 6.25. The number of anilines is 1. The number of para-hydroxylation sites is 1. The van der Waals surface area contributed by atoms with E-state index >= 15 is 0 Å². The van der Waals surface area contributed by atoms with E-state index in [4.69, 9.17) is 0 Å². The van der Waals surface area contributed by atoms with Crippen LogP contribution in [-0.2, 0) is 6.54 Å². The van der Waals surface area contributed by atoms with Gasteiger partial charge in [-0.15, -0.1) is 0 Å². The minimum absolute atomic E-state index is 0.262. The van der Waals surface area contributed by atoms with Crippen molar-refractivity contribution in [1.29, 1.82) is 0 Å². The maximum atomic E-state index is 13.2. The second kappa shape index (κ2) is 5.59. The van der Waals surface area contributed by atoms with Crippen LogP contribution in [0.1, 0.15) is 5.56 Å². The van der Waals surface area contributed by atoms with Crippen LogP contribution in [0.5, 0.6) is 0 Å². The largest absolute Gasteiger partial charge is 0.381 e. The number of rotatable bonds is 3.